The van der Waals surface area contributed by atoms with Gasteiger partial charge in [0.25, 0.3) is 0 Å². The van der Waals surface area contributed by atoms with Crippen molar-refractivity contribution >= 4 is 29.0 Å². The lowest BCUT2D eigenvalue weighted by Crippen LogP contribution is -2.39. The van der Waals surface area contributed by atoms with Gasteiger partial charge in [-0.15, -0.1) is 0 Å². The van der Waals surface area contributed by atoms with Crippen LogP contribution < -0.4 is 5.32 Å². The largest absolute Gasteiger partial charge is 0.478 e. The molecule has 20 heavy (non-hydrogen) atoms. The van der Waals surface area contributed by atoms with Gasteiger partial charge in [0.1, 0.15) is 16.4 Å². The van der Waals surface area contributed by atoms with E-state index in [4.69, 9.17) is 22.3 Å². The van der Waals surface area contributed by atoms with E-state index < -0.39 is 11.5 Å². The Kier molecular flexibility index (Phi) is 3.65. The van der Waals surface area contributed by atoms with Gasteiger partial charge in [-0.05, 0) is 37.5 Å². The molecule has 1 unspecified atom stereocenters. The van der Waals surface area contributed by atoms with Gasteiger partial charge in [0.15, 0.2) is 0 Å². The highest BCUT2D eigenvalue weighted by Gasteiger charge is 2.38. The van der Waals surface area contributed by atoms with E-state index in [1.807, 2.05) is 13.8 Å². The number of aryl methyl sites for hydroxylation is 1. The number of carboxylic acids is 1. The number of aromatic carboxylic acids is 1. The van der Waals surface area contributed by atoms with Crippen molar-refractivity contribution in [1.82, 2.24) is 5.32 Å². The molecule has 1 aliphatic heterocycles. The Labute approximate surface area is 123 Å². The van der Waals surface area contributed by atoms with Gasteiger partial charge >= 0.3 is 5.97 Å². The van der Waals surface area contributed by atoms with Crippen LogP contribution in [0.15, 0.2) is 23.2 Å². The van der Waals surface area contributed by atoms with E-state index in [0.29, 0.717) is 10.9 Å². The minimum absolute atomic E-state index is 0.277. The molecule has 5 heteroatoms. The lowest BCUT2D eigenvalue weighted by molar-refractivity contribution is 0.0697. The predicted molar refractivity (Wildman–Crippen MR) is 83.7 cm³/mol. The zero-order chi connectivity index (χ0) is 15.1. The van der Waals surface area contributed by atoms with Crippen molar-refractivity contribution < 1.29 is 9.90 Å². The maximum absolute atomic E-state index is 11.0. The van der Waals surface area contributed by atoms with Gasteiger partial charge < -0.3 is 10.4 Å². The molecule has 0 radical (unpaired) electrons. The molecule has 2 rings (SSSR count). The number of amidine groups is 1. The summed E-state index contributed by atoms with van der Waals surface area (Å²) in [6.07, 6.45) is 0. The van der Waals surface area contributed by atoms with Crippen LogP contribution in [-0.4, -0.2) is 27.4 Å². The Morgan fingerprint density at radius 2 is 2.10 bits per heavy atom. The molecule has 0 fully saturated rings. The molecule has 0 aliphatic carbocycles. The summed E-state index contributed by atoms with van der Waals surface area (Å²) in [5, 5.41) is 12.2. The van der Waals surface area contributed by atoms with Crippen molar-refractivity contribution in [2.24, 2.45) is 10.9 Å². The summed E-state index contributed by atoms with van der Waals surface area (Å²) in [5.74, 6) is 0.0859. The van der Waals surface area contributed by atoms with Crippen molar-refractivity contribution in [2.45, 2.75) is 33.2 Å². The standard InChI is InChI=1S/C15H18N2O2S/c1-8(2)15(4)14(20)16-12(17-15)11-6-5-10(13(18)19)7-9(11)3/h5-8H,1-4H3,(H,18,19)(H,16,17,20). The predicted octanol–water partition coefficient (Wildman–Crippen LogP) is 2.79. The highest BCUT2D eigenvalue weighted by molar-refractivity contribution is 7.80. The number of rotatable bonds is 3. The van der Waals surface area contributed by atoms with Crippen LogP contribution in [0.1, 0.15) is 42.3 Å². The molecule has 0 bridgehead atoms. The van der Waals surface area contributed by atoms with E-state index in [1.165, 1.54) is 0 Å². The lowest BCUT2D eigenvalue weighted by atomic mass is 9.90. The molecular weight excluding hydrogens is 272 g/mol. The second kappa shape index (κ2) is 4.98. The number of nitrogens with zero attached hydrogens (tertiary/aromatic N) is 1. The van der Waals surface area contributed by atoms with Crippen LogP contribution in [0.2, 0.25) is 0 Å². The molecule has 0 spiro atoms. The Bertz CT molecular complexity index is 622. The summed E-state index contributed by atoms with van der Waals surface area (Å²) in [6.45, 7) is 8.06. The molecule has 106 valence electrons. The zero-order valence-corrected chi connectivity index (χ0v) is 12.8. The van der Waals surface area contributed by atoms with Crippen molar-refractivity contribution in [3.8, 4) is 0 Å². The van der Waals surface area contributed by atoms with Crippen LogP contribution in [-0.2, 0) is 0 Å². The topological polar surface area (TPSA) is 61.7 Å². The first-order valence-electron chi connectivity index (χ1n) is 6.51. The monoisotopic (exact) mass is 290 g/mol. The van der Waals surface area contributed by atoms with Gasteiger partial charge in [-0.1, -0.05) is 32.1 Å². The number of nitrogens with one attached hydrogen (secondary N) is 1. The average molecular weight is 290 g/mol. The van der Waals surface area contributed by atoms with Crippen LogP contribution in [0.4, 0.5) is 0 Å². The molecule has 1 heterocycles. The van der Waals surface area contributed by atoms with Crippen molar-refractivity contribution in [1.29, 1.82) is 0 Å². The van der Waals surface area contributed by atoms with Crippen LogP contribution in [0.5, 0.6) is 0 Å². The van der Waals surface area contributed by atoms with E-state index in [2.05, 4.69) is 19.2 Å². The Hall–Kier alpha value is -1.75. The molecule has 1 aromatic carbocycles. The fourth-order valence-electron chi connectivity index (χ4n) is 2.13. The van der Waals surface area contributed by atoms with Crippen LogP contribution >= 0.6 is 12.2 Å². The maximum Gasteiger partial charge on any atom is 0.335 e. The average Bonchev–Trinajstić information content (AvgIpc) is 2.66. The summed E-state index contributed by atoms with van der Waals surface area (Å²) < 4.78 is 0. The van der Waals surface area contributed by atoms with Crippen LogP contribution in [0.25, 0.3) is 0 Å². The molecule has 4 nitrogen and oxygen atoms in total. The number of carbonyl (C=O) groups is 1. The number of hydrogen-bond donors (Lipinski definition) is 2. The van der Waals surface area contributed by atoms with E-state index in [1.54, 1.807) is 18.2 Å². The summed E-state index contributed by atoms with van der Waals surface area (Å²) >= 11 is 5.40. The summed E-state index contributed by atoms with van der Waals surface area (Å²) in [5.41, 5.74) is 1.63. The first-order valence-corrected chi connectivity index (χ1v) is 6.92. The van der Waals surface area contributed by atoms with Gasteiger partial charge in [-0.3, -0.25) is 4.99 Å². The third-order valence-corrected chi connectivity index (χ3v) is 4.40. The van der Waals surface area contributed by atoms with E-state index >= 15 is 0 Å². The van der Waals surface area contributed by atoms with Gasteiger partial charge in [0.2, 0.25) is 0 Å². The quantitative estimate of drug-likeness (QED) is 0.840. The lowest BCUT2D eigenvalue weighted by Gasteiger charge is -2.24. The molecule has 1 atom stereocenters. The Morgan fingerprint density at radius 3 is 2.55 bits per heavy atom. The van der Waals surface area contributed by atoms with E-state index in [-0.39, 0.29) is 5.56 Å². The molecule has 2 N–H and O–H groups in total. The van der Waals surface area contributed by atoms with Gasteiger partial charge in [-0.25, -0.2) is 4.79 Å². The highest BCUT2D eigenvalue weighted by atomic mass is 32.1. The summed E-state index contributed by atoms with van der Waals surface area (Å²) in [6, 6.07) is 5.01. The smallest absolute Gasteiger partial charge is 0.335 e. The highest BCUT2D eigenvalue weighted by Crippen LogP contribution is 2.28. The van der Waals surface area contributed by atoms with Crippen molar-refractivity contribution in [3.05, 3.63) is 34.9 Å². The van der Waals surface area contributed by atoms with Gasteiger partial charge in [0.05, 0.1) is 5.56 Å². The molecule has 0 saturated carbocycles. The van der Waals surface area contributed by atoms with Crippen molar-refractivity contribution in [3.63, 3.8) is 0 Å². The van der Waals surface area contributed by atoms with Gasteiger partial charge in [-0.2, -0.15) is 0 Å². The number of thiocarbonyl (C=S) groups is 1. The number of carboxylic acid groups (broad SMARTS) is 1. The number of hydrogen-bond acceptors (Lipinski definition) is 3. The SMILES string of the molecule is Cc1cc(C(=O)O)ccc1C1=NC(C)(C(C)C)C(=S)N1. The molecule has 0 amide bonds. The number of aliphatic imine (C=N–C) groups is 1. The Balaban J connectivity index is 2.44. The minimum atomic E-state index is -0.927. The van der Waals surface area contributed by atoms with E-state index in [9.17, 15) is 4.79 Å². The molecule has 0 aromatic heterocycles. The minimum Gasteiger partial charge on any atom is -0.478 e. The molecular formula is C15H18N2O2S. The van der Waals surface area contributed by atoms with E-state index in [0.717, 1.165) is 17.0 Å². The zero-order valence-electron chi connectivity index (χ0n) is 12.0. The van der Waals surface area contributed by atoms with Crippen LogP contribution in [0, 0.1) is 12.8 Å². The molecule has 0 saturated heterocycles. The second-order valence-electron chi connectivity index (χ2n) is 5.55. The maximum atomic E-state index is 11.0. The van der Waals surface area contributed by atoms with Crippen LogP contribution in [0.3, 0.4) is 0 Å². The summed E-state index contributed by atoms with van der Waals surface area (Å²) in [7, 11) is 0. The first kappa shape index (κ1) is 14.7. The molecule has 1 aliphatic rings. The fourth-order valence-corrected chi connectivity index (χ4v) is 2.50. The second-order valence-corrected chi connectivity index (χ2v) is 5.96. The normalized spacial score (nSPS) is 21.9. The van der Waals surface area contributed by atoms with Crippen molar-refractivity contribution in [2.75, 3.05) is 0 Å². The number of benzene rings is 1. The third kappa shape index (κ3) is 2.33. The fraction of sp³-hybridized carbons (Fsp3) is 0.400. The first-order chi connectivity index (χ1) is 9.25. The molecule has 1 aromatic rings. The summed E-state index contributed by atoms with van der Waals surface area (Å²) in [4.78, 5) is 16.4. The van der Waals surface area contributed by atoms with Gasteiger partial charge in [0, 0.05) is 5.56 Å². The third-order valence-electron chi connectivity index (χ3n) is 3.89. The Morgan fingerprint density at radius 1 is 1.45 bits per heavy atom.